The van der Waals surface area contributed by atoms with Gasteiger partial charge in [0.1, 0.15) is 11.3 Å². The number of methoxy groups -OCH3 is 2. The second-order valence-corrected chi connectivity index (χ2v) is 5.62. The van der Waals surface area contributed by atoms with Gasteiger partial charge >= 0.3 is 17.9 Å². The van der Waals surface area contributed by atoms with Gasteiger partial charge in [-0.1, -0.05) is 0 Å². The van der Waals surface area contributed by atoms with Crippen molar-refractivity contribution in [3.63, 3.8) is 0 Å². The number of hydrogen-bond acceptors (Lipinski definition) is 6. The molecule has 1 rings (SSSR count). The number of benzene rings is 1. The van der Waals surface area contributed by atoms with E-state index in [9.17, 15) is 23.9 Å². The van der Waals surface area contributed by atoms with Crippen LogP contribution in [0.1, 0.15) is 10.4 Å². The largest absolute Gasteiger partial charge is 0.478 e. The molecule has 1 aromatic rings. The lowest BCUT2D eigenvalue weighted by atomic mass is 10.1. The van der Waals surface area contributed by atoms with Gasteiger partial charge in [-0.2, -0.15) is 0 Å². The number of nitrogens with one attached hydrogen (secondary N) is 1. The molecule has 0 amide bonds. The van der Waals surface area contributed by atoms with Crippen LogP contribution in [0, 0.1) is 5.82 Å². The van der Waals surface area contributed by atoms with E-state index < -0.39 is 35.0 Å². The van der Waals surface area contributed by atoms with E-state index in [1.54, 1.807) is 0 Å². The molecule has 0 unspecified atom stereocenters. The van der Waals surface area contributed by atoms with Crippen LogP contribution < -0.4 is 5.32 Å². The van der Waals surface area contributed by atoms with Gasteiger partial charge in [0.25, 0.3) is 0 Å². The Labute approximate surface area is 146 Å². The second-order valence-electron chi connectivity index (χ2n) is 3.91. The Bertz CT molecular complexity index is 704. The molecule has 0 aliphatic carbocycles. The number of hydrogen-bond donors (Lipinski definition) is 2. The number of anilines is 1. The summed E-state index contributed by atoms with van der Waals surface area (Å²) in [6.45, 7) is 0. The first-order chi connectivity index (χ1) is 10.7. The van der Waals surface area contributed by atoms with Crippen LogP contribution in [-0.2, 0) is 19.1 Å². The van der Waals surface area contributed by atoms with Gasteiger partial charge in [0.15, 0.2) is 5.82 Å². The first kappa shape index (κ1) is 19.1. The van der Waals surface area contributed by atoms with Gasteiger partial charge in [-0.15, -0.1) is 0 Å². The van der Waals surface area contributed by atoms with Gasteiger partial charge in [-0.3, -0.25) is 0 Å². The highest BCUT2D eigenvalue weighted by atomic mass is 79.9. The molecule has 7 nitrogen and oxygen atoms in total. The number of rotatable bonds is 5. The molecular formula is C13H10Br2FNO6. The predicted octanol–water partition coefficient (Wildman–Crippen LogP) is 2.69. The number of halogens is 3. The van der Waals surface area contributed by atoms with E-state index in [0.717, 1.165) is 20.3 Å². The maximum Gasteiger partial charge on any atom is 0.354 e. The maximum absolute atomic E-state index is 14.0. The van der Waals surface area contributed by atoms with Crippen LogP contribution in [0.3, 0.4) is 0 Å². The van der Waals surface area contributed by atoms with Crippen molar-refractivity contribution in [1.29, 1.82) is 0 Å². The Hall–Kier alpha value is -1.94. The van der Waals surface area contributed by atoms with Crippen molar-refractivity contribution >= 4 is 55.5 Å². The molecule has 1 aromatic carbocycles. The summed E-state index contributed by atoms with van der Waals surface area (Å²) in [4.78, 5) is 34.3. The summed E-state index contributed by atoms with van der Waals surface area (Å²) in [6, 6.07) is 1.25. The molecule has 0 saturated carbocycles. The van der Waals surface area contributed by atoms with Crippen LogP contribution >= 0.6 is 31.9 Å². The van der Waals surface area contributed by atoms with Crippen molar-refractivity contribution in [2.24, 2.45) is 0 Å². The Morgan fingerprint density at radius 1 is 1.22 bits per heavy atom. The van der Waals surface area contributed by atoms with Crippen molar-refractivity contribution in [2.45, 2.75) is 0 Å². The lowest BCUT2D eigenvalue weighted by Gasteiger charge is -2.14. The van der Waals surface area contributed by atoms with Crippen molar-refractivity contribution in [3.05, 3.63) is 38.2 Å². The van der Waals surface area contributed by atoms with Crippen LogP contribution in [0.15, 0.2) is 26.8 Å². The normalized spacial score (nSPS) is 10.9. The molecule has 0 spiro atoms. The topological polar surface area (TPSA) is 102 Å². The van der Waals surface area contributed by atoms with Crippen LogP contribution in [0.2, 0.25) is 0 Å². The zero-order chi connectivity index (χ0) is 17.7. The first-order valence-corrected chi connectivity index (χ1v) is 7.37. The van der Waals surface area contributed by atoms with Crippen molar-refractivity contribution in [3.8, 4) is 0 Å². The quantitative estimate of drug-likeness (QED) is 0.400. The molecule has 2 N–H and O–H groups in total. The fourth-order valence-electron chi connectivity index (χ4n) is 1.49. The minimum absolute atomic E-state index is 0.0936. The molecule has 0 aromatic heterocycles. The first-order valence-electron chi connectivity index (χ1n) is 5.78. The summed E-state index contributed by atoms with van der Waals surface area (Å²) in [6.07, 6.45) is 0.754. The number of carbonyl (C=O) groups is 3. The zero-order valence-electron chi connectivity index (χ0n) is 11.8. The lowest BCUT2D eigenvalue weighted by Crippen LogP contribution is -2.18. The number of esters is 2. The Morgan fingerprint density at radius 2 is 1.83 bits per heavy atom. The van der Waals surface area contributed by atoms with E-state index in [1.165, 1.54) is 6.07 Å². The second kappa shape index (κ2) is 8.06. The fraction of sp³-hybridized carbons (Fsp3) is 0.154. The van der Waals surface area contributed by atoms with Gasteiger partial charge in [0.05, 0.1) is 30.5 Å². The number of ether oxygens (including phenoxy) is 2. The predicted molar refractivity (Wildman–Crippen MR) is 84.5 cm³/mol. The molecule has 0 radical (unpaired) electrons. The average molecular weight is 455 g/mol. The van der Waals surface area contributed by atoms with E-state index in [2.05, 4.69) is 46.7 Å². The Balaban J connectivity index is 3.48. The maximum atomic E-state index is 14.0. The van der Waals surface area contributed by atoms with E-state index in [1.807, 2.05) is 0 Å². The highest BCUT2D eigenvalue weighted by molar-refractivity contribution is 9.11. The molecule has 0 fully saturated rings. The summed E-state index contributed by atoms with van der Waals surface area (Å²) >= 11 is 5.95. The smallest absolute Gasteiger partial charge is 0.354 e. The minimum Gasteiger partial charge on any atom is -0.478 e. The Kier molecular flexibility index (Phi) is 6.70. The zero-order valence-corrected chi connectivity index (χ0v) is 14.9. The molecule has 124 valence electrons. The molecule has 0 atom stereocenters. The molecule has 0 aliphatic rings. The van der Waals surface area contributed by atoms with Gasteiger partial charge < -0.3 is 19.9 Å². The molecule has 23 heavy (non-hydrogen) atoms. The van der Waals surface area contributed by atoms with E-state index >= 15 is 0 Å². The fourth-order valence-corrected chi connectivity index (χ4v) is 2.75. The van der Waals surface area contributed by atoms with Gasteiger partial charge in [0.2, 0.25) is 0 Å². The minimum atomic E-state index is -1.57. The third-order valence-electron chi connectivity index (χ3n) is 2.51. The number of carbonyl (C=O) groups excluding carboxylic acids is 2. The number of aromatic carboxylic acids is 1. The van der Waals surface area contributed by atoms with Gasteiger partial charge in [-0.05, 0) is 37.9 Å². The molecule has 10 heteroatoms. The third-order valence-corrected chi connectivity index (χ3v) is 3.72. The Morgan fingerprint density at radius 3 is 2.30 bits per heavy atom. The van der Waals surface area contributed by atoms with Crippen molar-refractivity contribution < 1.29 is 33.4 Å². The average Bonchev–Trinajstić information content (AvgIpc) is 2.50. The molecule has 0 heterocycles. The monoisotopic (exact) mass is 453 g/mol. The van der Waals surface area contributed by atoms with Crippen LogP contribution in [0.25, 0.3) is 0 Å². The van der Waals surface area contributed by atoms with Gasteiger partial charge in [-0.25, -0.2) is 18.8 Å². The van der Waals surface area contributed by atoms with Crippen molar-refractivity contribution in [2.75, 3.05) is 19.5 Å². The standard InChI is InChI=1S/C13H10Br2FNO6/c1-22-8(18)4-7(13(21)23-2)17-11-6(15)3-5(14)10(16)9(11)12(19)20/h3-4,17H,1-2H3,(H,19,20)/b7-4+. The summed E-state index contributed by atoms with van der Waals surface area (Å²) in [5, 5.41) is 11.6. The summed E-state index contributed by atoms with van der Waals surface area (Å²) < 4.78 is 23.0. The van der Waals surface area contributed by atoms with Crippen LogP contribution in [0.4, 0.5) is 10.1 Å². The van der Waals surface area contributed by atoms with E-state index in [-0.39, 0.29) is 14.6 Å². The molecule has 0 saturated heterocycles. The summed E-state index contributed by atoms with van der Waals surface area (Å²) in [7, 11) is 2.15. The highest BCUT2D eigenvalue weighted by Crippen LogP contribution is 2.34. The molecule has 0 bridgehead atoms. The number of carboxylic acid groups (broad SMARTS) is 1. The van der Waals surface area contributed by atoms with Crippen molar-refractivity contribution in [1.82, 2.24) is 0 Å². The summed E-state index contributed by atoms with van der Waals surface area (Å²) in [5.41, 5.74) is -1.42. The summed E-state index contributed by atoms with van der Waals surface area (Å²) in [5.74, 6) is -4.48. The van der Waals surface area contributed by atoms with Gasteiger partial charge in [0, 0.05) is 4.47 Å². The molecular weight excluding hydrogens is 445 g/mol. The van der Waals surface area contributed by atoms with E-state index in [4.69, 9.17) is 0 Å². The highest BCUT2D eigenvalue weighted by Gasteiger charge is 2.24. The van der Waals surface area contributed by atoms with Crippen LogP contribution in [-0.4, -0.2) is 37.2 Å². The van der Waals surface area contributed by atoms with Crippen LogP contribution in [0.5, 0.6) is 0 Å². The lowest BCUT2D eigenvalue weighted by molar-refractivity contribution is -0.138. The third kappa shape index (κ3) is 4.52. The SMILES string of the molecule is COC(=O)/C=C(/Nc1c(Br)cc(Br)c(F)c1C(=O)O)C(=O)OC. The van der Waals surface area contributed by atoms with E-state index in [0.29, 0.717) is 0 Å². The number of carboxylic acids is 1. The molecule has 0 aliphatic heterocycles.